The maximum absolute atomic E-state index is 6.89. The van der Waals surface area contributed by atoms with E-state index in [2.05, 4.69) is 51.2 Å². The average molecular weight is 463 g/mol. The van der Waals surface area contributed by atoms with Gasteiger partial charge >= 0.3 is 7.87 Å². The van der Waals surface area contributed by atoms with Gasteiger partial charge in [0, 0.05) is 52.4 Å². The number of rotatable bonds is 4. The van der Waals surface area contributed by atoms with Crippen LogP contribution in [0.25, 0.3) is 0 Å². The summed E-state index contributed by atoms with van der Waals surface area (Å²) >= 11 is 13.8. The summed E-state index contributed by atoms with van der Waals surface area (Å²) in [6, 6.07) is 0. The summed E-state index contributed by atoms with van der Waals surface area (Å²) in [6.07, 6.45) is 2.31. The van der Waals surface area contributed by atoms with Gasteiger partial charge in [-0.15, -0.1) is 9.34 Å². The van der Waals surface area contributed by atoms with Crippen LogP contribution in [0, 0.1) is 0 Å². The fourth-order valence-electron chi connectivity index (χ4n) is 4.19. The molecular weight excluding hydrogens is 430 g/mol. The molecule has 0 aromatic heterocycles. The smallest absolute Gasteiger partial charge is 0.243 e. The molecule has 0 amide bonds. The van der Waals surface area contributed by atoms with Crippen LogP contribution in [-0.4, -0.2) is 71.0 Å². The van der Waals surface area contributed by atoms with Crippen molar-refractivity contribution < 1.29 is 0 Å². The van der Waals surface area contributed by atoms with Gasteiger partial charge in [-0.25, -0.2) is 9.34 Å². The first-order chi connectivity index (χ1) is 12.4. The molecule has 26 heavy (non-hydrogen) atoms. The summed E-state index contributed by atoms with van der Waals surface area (Å²) in [4.78, 5) is 3.62. The predicted octanol–water partition coefficient (Wildman–Crippen LogP) is 5.73. The first-order valence-corrected chi connectivity index (χ1v) is 16.5. The average Bonchev–Trinajstić information content (AvgIpc) is 2.60. The van der Waals surface area contributed by atoms with Crippen LogP contribution in [0.1, 0.15) is 40.5 Å². The fourth-order valence-corrected chi connectivity index (χ4v) is 20.6. The second-order valence-electron chi connectivity index (χ2n) is 6.76. The molecule has 12 heteroatoms. The monoisotopic (exact) mass is 462 g/mol. The molecule has 7 nitrogen and oxygen atoms in total. The fraction of sp³-hybridized carbons (Fsp3) is 1.00. The Morgan fingerprint density at radius 1 is 0.808 bits per heavy atom. The normalized spacial score (nSPS) is 29.6. The Morgan fingerprint density at radius 2 is 1.31 bits per heavy atom. The third-order valence-corrected chi connectivity index (χ3v) is 18.9. The van der Waals surface area contributed by atoms with Crippen LogP contribution in [-0.2, 0) is 0 Å². The summed E-state index contributed by atoms with van der Waals surface area (Å²) in [5.41, 5.74) is 0. The molecule has 0 bridgehead atoms. The molecule has 0 aliphatic carbocycles. The molecule has 0 aromatic rings. The number of nitrogens with zero attached hydrogens (tertiary/aromatic N) is 6. The van der Waals surface area contributed by atoms with Gasteiger partial charge in [-0.05, 0) is 58.2 Å². The van der Waals surface area contributed by atoms with Gasteiger partial charge in [-0.3, -0.25) is 0 Å². The van der Waals surface area contributed by atoms with Crippen molar-refractivity contribution in [2.75, 3.05) is 52.4 Å². The number of hydrogen-bond donors (Lipinski definition) is 1. The molecule has 3 aliphatic rings. The van der Waals surface area contributed by atoms with Crippen molar-refractivity contribution in [3.63, 3.8) is 0 Å². The Balaban J connectivity index is 2.25. The van der Waals surface area contributed by atoms with Crippen LogP contribution in [0.15, 0.2) is 9.03 Å². The quantitative estimate of drug-likeness (QED) is 0.540. The minimum absolute atomic E-state index is 0.934. The Labute approximate surface area is 169 Å². The number of nitrogens with one attached hydrogen (secondary N) is 1. The predicted molar refractivity (Wildman–Crippen MR) is 119 cm³/mol. The molecule has 0 aromatic carbocycles. The summed E-state index contributed by atoms with van der Waals surface area (Å²) in [5.74, 6) is -2.65. The zero-order valence-corrected chi connectivity index (χ0v) is 20.5. The van der Waals surface area contributed by atoms with Crippen LogP contribution in [0.5, 0.6) is 0 Å². The first kappa shape index (κ1) is 22.0. The topological polar surface area (TPSA) is 49.7 Å². The van der Waals surface area contributed by atoms with Crippen LogP contribution in [0.2, 0.25) is 0 Å². The maximum atomic E-state index is 6.89. The van der Waals surface area contributed by atoms with Gasteiger partial charge in [0.05, 0.1) is 0 Å². The van der Waals surface area contributed by atoms with E-state index in [9.17, 15) is 0 Å². The zero-order valence-electron chi connectivity index (χ0n) is 16.4. The van der Waals surface area contributed by atoms with Crippen LogP contribution in [0.4, 0.5) is 0 Å². The molecule has 152 valence electrons. The molecule has 2 saturated heterocycles. The minimum Gasteiger partial charge on any atom is -0.243 e. The Morgan fingerprint density at radius 3 is 1.77 bits per heavy atom. The van der Waals surface area contributed by atoms with Gasteiger partial charge in [0.25, 0.3) is 5.91 Å². The highest BCUT2D eigenvalue weighted by Crippen LogP contribution is 2.86. The molecule has 0 unspecified atom stereocenters. The van der Waals surface area contributed by atoms with E-state index in [1.807, 2.05) is 0 Å². The largest absolute Gasteiger partial charge is 0.404 e. The molecule has 0 saturated carbocycles. The second kappa shape index (κ2) is 8.56. The Bertz CT molecular complexity index is 598. The molecule has 3 heterocycles. The maximum Gasteiger partial charge on any atom is 0.404 e. The van der Waals surface area contributed by atoms with Crippen molar-refractivity contribution in [1.82, 2.24) is 23.5 Å². The van der Waals surface area contributed by atoms with E-state index in [-0.39, 0.29) is 0 Å². The lowest BCUT2D eigenvalue weighted by atomic mass is 10.4. The summed E-state index contributed by atoms with van der Waals surface area (Å²) < 4.78 is 20.7. The first-order valence-electron chi connectivity index (χ1n) is 9.74. The van der Waals surface area contributed by atoms with Gasteiger partial charge in [0.15, 0.2) is 0 Å². The second-order valence-corrected chi connectivity index (χ2v) is 17.9. The van der Waals surface area contributed by atoms with Crippen molar-refractivity contribution in [3.05, 3.63) is 0 Å². The van der Waals surface area contributed by atoms with E-state index in [4.69, 9.17) is 31.5 Å². The standard InChI is InChI=1S/C14H33Cl2N7P3/c1-5-20-11-9-12-21(6-2)25(20)17-24(15,16)18-26(19-25)22(7-3)13-10-14-23(26)8-4/h17H,5-14H2,1-4H3/q+1. The molecule has 0 atom stereocenters. The van der Waals surface area contributed by atoms with E-state index in [1.54, 1.807) is 0 Å². The van der Waals surface area contributed by atoms with Crippen molar-refractivity contribution in [2.24, 2.45) is 9.03 Å². The summed E-state index contributed by atoms with van der Waals surface area (Å²) in [5, 5.41) is 0. The lowest BCUT2D eigenvalue weighted by Crippen LogP contribution is -2.46. The Kier molecular flexibility index (Phi) is 7.23. The van der Waals surface area contributed by atoms with Gasteiger partial charge in [0.2, 0.25) is 7.51 Å². The highest BCUT2D eigenvalue weighted by molar-refractivity contribution is 8.15. The van der Waals surface area contributed by atoms with Crippen molar-refractivity contribution in [2.45, 2.75) is 40.5 Å². The zero-order chi connectivity index (χ0) is 19.0. The van der Waals surface area contributed by atoms with Crippen molar-refractivity contribution >= 4 is 43.8 Å². The summed E-state index contributed by atoms with van der Waals surface area (Å²) in [6.45, 7) is 16.8. The molecule has 3 aliphatic heterocycles. The molecule has 1 N–H and O–H groups in total. The van der Waals surface area contributed by atoms with E-state index in [0.717, 1.165) is 65.2 Å². The van der Waals surface area contributed by atoms with E-state index in [0.29, 0.717) is 0 Å². The third-order valence-electron chi connectivity index (χ3n) is 5.40. The molecule has 2 spiro atoms. The van der Waals surface area contributed by atoms with Crippen LogP contribution >= 0.6 is 43.8 Å². The highest BCUT2D eigenvalue weighted by Gasteiger charge is 2.62. The summed E-state index contributed by atoms with van der Waals surface area (Å²) in [7, 11) is -4.42. The van der Waals surface area contributed by atoms with E-state index < -0.39 is 21.3 Å². The van der Waals surface area contributed by atoms with Gasteiger partial charge in [-0.2, -0.15) is 4.86 Å². The van der Waals surface area contributed by atoms with Crippen molar-refractivity contribution in [1.29, 1.82) is 0 Å². The van der Waals surface area contributed by atoms with Gasteiger partial charge in [-0.1, -0.05) is 13.8 Å². The molecule has 2 fully saturated rings. The lowest BCUT2D eigenvalue weighted by molar-refractivity contribution is 0.310. The lowest BCUT2D eigenvalue weighted by Gasteiger charge is -2.50. The highest BCUT2D eigenvalue weighted by atomic mass is 35.9. The molecule has 3 rings (SSSR count). The minimum atomic E-state index is -2.65. The molecule has 0 radical (unpaired) electrons. The number of hydrogen-bond acceptors (Lipinski definition) is 7. The van der Waals surface area contributed by atoms with Crippen LogP contribution in [0.3, 0.4) is 0 Å². The number of halogens is 2. The van der Waals surface area contributed by atoms with Crippen molar-refractivity contribution in [3.8, 4) is 0 Å². The molecular formula is C14H33Cl2N7P3+. The van der Waals surface area contributed by atoms with Crippen LogP contribution < -0.4 is 4.86 Å². The Hall–Kier alpha value is 1.27. The van der Waals surface area contributed by atoms with Gasteiger partial charge < -0.3 is 0 Å². The SMILES string of the molecule is CCN1CCCN(CC)P12=N[P+]1(N=P(Cl)(Cl)N2)N(CC)CCCN1CC. The van der Waals surface area contributed by atoms with Gasteiger partial charge in [0.1, 0.15) is 0 Å². The van der Waals surface area contributed by atoms with E-state index >= 15 is 0 Å². The van der Waals surface area contributed by atoms with E-state index in [1.165, 1.54) is 0 Å². The third kappa shape index (κ3) is 3.72.